The lowest BCUT2D eigenvalue weighted by molar-refractivity contribution is 0.838. The molecule has 2 aromatic carbocycles. The highest BCUT2D eigenvalue weighted by Gasteiger charge is 2.12. The van der Waals surface area contributed by atoms with Crippen LogP contribution in [0.4, 0.5) is 0 Å². The third-order valence-corrected chi connectivity index (χ3v) is 3.36. The van der Waals surface area contributed by atoms with Crippen molar-refractivity contribution < 1.29 is 0 Å². The summed E-state index contributed by atoms with van der Waals surface area (Å²) < 4.78 is 3.18. The Kier molecular flexibility index (Phi) is 2.20. The number of benzene rings is 2. The molecular weight excluding hydrogens is 250 g/mol. The van der Waals surface area contributed by atoms with Crippen LogP contribution in [0.5, 0.6) is 0 Å². The van der Waals surface area contributed by atoms with Crippen molar-refractivity contribution in [2.45, 2.75) is 0 Å². The molecule has 5 heteroatoms. The van der Waals surface area contributed by atoms with Crippen LogP contribution in [0, 0.1) is 5.41 Å². The van der Waals surface area contributed by atoms with Gasteiger partial charge in [0.1, 0.15) is 0 Å². The zero-order chi connectivity index (χ0) is 13.5. The Labute approximate surface area is 114 Å². The second-order valence-corrected chi connectivity index (χ2v) is 4.55. The van der Waals surface area contributed by atoms with Gasteiger partial charge < -0.3 is 0 Å². The molecule has 5 nitrogen and oxygen atoms in total. The van der Waals surface area contributed by atoms with E-state index in [1.807, 2.05) is 48.5 Å². The fraction of sp³-hybridized carbons (Fsp3) is 0. The van der Waals surface area contributed by atoms with Gasteiger partial charge in [0.2, 0.25) is 5.96 Å². The van der Waals surface area contributed by atoms with Gasteiger partial charge in [-0.25, -0.2) is 0 Å². The number of para-hydroxylation sites is 2. The average Bonchev–Trinajstić information content (AvgIpc) is 3.11. The smallest absolute Gasteiger partial charge is 0.245 e. The van der Waals surface area contributed by atoms with Crippen molar-refractivity contribution in [2.75, 3.05) is 0 Å². The van der Waals surface area contributed by atoms with Crippen LogP contribution in [0.2, 0.25) is 0 Å². The molecule has 1 N–H and O–H groups in total. The largest absolute Gasteiger partial charge is 0.265 e. The Morgan fingerprint density at radius 1 is 0.750 bits per heavy atom. The maximum atomic E-state index is 8.37. The quantitative estimate of drug-likeness (QED) is 0.391. The first-order valence-electron chi connectivity index (χ1n) is 6.29. The lowest BCUT2D eigenvalue weighted by Gasteiger charge is -2.06. The number of fused-ring (bicyclic) bond motifs is 2. The van der Waals surface area contributed by atoms with Crippen molar-refractivity contribution in [2.24, 2.45) is 0 Å². The number of nitrogens with one attached hydrogen (secondary N) is 1. The van der Waals surface area contributed by atoms with Crippen LogP contribution in [-0.2, 0) is 0 Å². The maximum Gasteiger partial charge on any atom is 0.245 e. The van der Waals surface area contributed by atoms with Gasteiger partial charge in [-0.15, -0.1) is 0 Å². The SMILES string of the molecule is N=C(n1ncc2ccccc21)n1ncc2ccccc21. The van der Waals surface area contributed by atoms with E-state index in [1.54, 1.807) is 21.8 Å². The number of hydrogen-bond donors (Lipinski definition) is 1. The lowest BCUT2D eigenvalue weighted by atomic mass is 10.2. The molecule has 0 fully saturated rings. The van der Waals surface area contributed by atoms with Crippen molar-refractivity contribution in [1.29, 1.82) is 5.41 Å². The molecule has 0 aliphatic heterocycles. The van der Waals surface area contributed by atoms with E-state index in [9.17, 15) is 0 Å². The molecular formula is C15H11N5. The highest BCUT2D eigenvalue weighted by Crippen LogP contribution is 2.16. The van der Waals surface area contributed by atoms with E-state index in [-0.39, 0.29) is 5.96 Å². The highest BCUT2D eigenvalue weighted by molar-refractivity contribution is 5.96. The van der Waals surface area contributed by atoms with Gasteiger partial charge in [-0.05, 0) is 12.1 Å². The molecule has 0 radical (unpaired) electrons. The molecule has 2 heterocycles. The Morgan fingerprint density at radius 2 is 1.20 bits per heavy atom. The molecule has 0 amide bonds. The third kappa shape index (κ3) is 1.46. The van der Waals surface area contributed by atoms with Gasteiger partial charge in [0.05, 0.1) is 23.4 Å². The zero-order valence-corrected chi connectivity index (χ0v) is 10.6. The molecule has 0 spiro atoms. The van der Waals surface area contributed by atoms with Crippen LogP contribution in [0.1, 0.15) is 0 Å². The van der Waals surface area contributed by atoms with Gasteiger partial charge in [0, 0.05) is 10.8 Å². The van der Waals surface area contributed by atoms with E-state index in [4.69, 9.17) is 5.41 Å². The fourth-order valence-corrected chi connectivity index (χ4v) is 2.37. The summed E-state index contributed by atoms with van der Waals surface area (Å²) >= 11 is 0. The van der Waals surface area contributed by atoms with Gasteiger partial charge in [0.25, 0.3) is 0 Å². The molecule has 4 rings (SSSR count). The van der Waals surface area contributed by atoms with E-state index in [0.29, 0.717) is 0 Å². The first kappa shape index (κ1) is 10.9. The van der Waals surface area contributed by atoms with Crippen molar-refractivity contribution >= 4 is 27.8 Å². The van der Waals surface area contributed by atoms with E-state index in [2.05, 4.69) is 10.2 Å². The fourth-order valence-electron chi connectivity index (χ4n) is 2.37. The molecule has 20 heavy (non-hydrogen) atoms. The first-order chi connectivity index (χ1) is 9.84. The summed E-state index contributed by atoms with van der Waals surface area (Å²) in [5.41, 5.74) is 1.80. The Morgan fingerprint density at radius 3 is 1.70 bits per heavy atom. The van der Waals surface area contributed by atoms with Crippen LogP contribution in [0.25, 0.3) is 21.8 Å². The van der Waals surface area contributed by atoms with E-state index in [1.165, 1.54) is 0 Å². The van der Waals surface area contributed by atoms with Gasteiger partial charge in [-0.1, -0.05) is 36.4 Å². The lowest BCUT2D eigenvalue weighted by Crippen LogP contribution is -2.22. The van der Waals surface area contributed by atoms with Crippen LogP contribution in [0.3, 0.4) is 0 Å². The second-order valence-electron chi connectivity index (χ2n) is 4.55. The predicted octanol–water partition coefficient (Wildman–Crippen LogP) is 2.72. The monoisotopic (exact) mass is 261 g/mol. The summed E-state index contributed by atoms with van der Waals surface area (Å²) in [6.07, 6.45) is 3.52. The summed E-state index contributed by atoms with van der Waals surface area (Å²) in [6.45, 7) is 0. The van der Waals surface area contributed by atoms with E-state index < -0.39 is 0 Å². The topological polar surface area (TPSA) is 59.5 Å². The third-order valence-electron chi connectivity index (χ3n) is 3.36. The molecule has 0 saturated heterocycles. The zero-order valence-electron chi connectivity index (χ0n) is 10.6. The second kappa shape index (κ2) is 4.03. The summed E-state index contributed by atoms with van der Waals surface area (Å²) in [5.74, 6) is 0.215. The van der Waals surface area contributed by atoms with Crippen molar-refractivity contribution in [1.82, 2.24) is 19.6 Å². The highest BCUT2D eigenvalue weighted by atomic mass is 15.4. The van der Waals surface area contributed by atoms with Crippen molar-refractivity contribution in [3.8, 4) is 0 Å². The van der Waals surface area contributed by atoms with Crippen LogP contribution in [-0.4, -0.2) is 25.5 Å². The number of aromatic nitrogens is 4. The van der Waals surface area contributed by atoms with Crippen LogP contribution < -0.4 is 0 Å². The minimum Gasteiger partial charge on any atom is -0.265 e. The standard InChI is InChI=1S/C15H11N5/c16-15(19-13-7-3-1-5-11(13)9-17-19)20-14-8-4-2-6-12(14)10-18-20/h1-10,16H. The maximum absolute atomic E-state index is 8.37. The average molecular weight is 261 g/mol. The summed E-state index contributed by atoms with van der Waals surface area (Å²) in [7, 11) is 0. The molecule has 96 valence electrons. The predicted molar refractivity (Wildman–Crippen MR) is 78.0 cm³/mol. The molecule has 0 saturated carbocycles. The Balaban J connectivity index is 1.92. The number of rotatable bonds is 0. The van der Waals surface area contributed by atoms with E-state index in [0.717, 1.165) is 21.8 Å². The van der Waals surface area contributed by atoms with Gasteiger partial charge >= 0.3 is 0 Å². The van der Waals surface area contributed by atoms with Gasteiger partial charge in [-0.3, -0.25) is 5.41 Å². The molecule has 0 unspecified atom stereocenters. The van der Waals surface area contributed by atoms with Gasteiger partial charge in [0.15, 0.2) is 0 Å². The minimum absolute atomic E-state index is 0.215. The molecule has 4 aromatic rings. The van der Waals surface area contributed by atoms with E-state index >= 15 is 0 Å². The van der Waals surface area contributed by atoms with Crippen LogP contribution in [0.15, 0.2) is 60.9 Å². The normalized spacial score (nSPS) is 11.2. The molecule has 0 bridgehead atoms. The molecule has 0 aliphatic rings. The Hall–Kier alpha value is -2.95. The molecule has 2 aromatic heterocycles. The van der Waals surface area contributed by atoms with Crippen LogP contribution >= 0.6 is 0 Å². The minimum atomic E-state index is 0.215. The molecule has 0 aliphatic carbocycles. The molecule has 0 atom stereocenters. The van der Waals surface area contributed by atoms with Gasteiger partial charge in [-0.2, -0.15) is 19.6 Å². The van der Waals surface area contributed by atoms with Crippen molar-refractivity contribution in [3.63, 3.8) is 0 Å². The van der Waals surface area contributed by atoms with Crippen molar-refractivity contribution in [3.05, 3.63) is 60.9 Å². The Bertz CT molecular complexity index is 855. The summed E-state index contributed by atoms with van der Waals surface area (Å²) in [5, 5.41) is 19.0. The first-order valence-corrected chi connectivity index (χ1v) is 6.29. The number of hydrogen-bond acceptors (Lipinski definition) is 3. The summed E-state index contributed by atoms with van der Waals surface area (Å²) in [6, 6.07) is 15.7. The number of nitrogens with zero attached hydrogens (tertiary/aromatic N) is 4. The summed E-state index contributed by atoms with van der Waals surface area (Å²) in [4.78, 5) is 0.